The number of aromatic nitrogens is 2. The average Bonchev–Trinajstić information content (AvgIpc) is 3.21. The molecule has 3 heterocycles. The van der Waals surface area contributed by atoms with Gasteiger partial charge in [-0.3, -0.25) is 4.90 Å². The Morgan fingerprint density at radius 1 is 0.967 bits per heavy atom. The number of imidazole rings is 1. The first-order valence-electron chi connectivity index (χ1n) is 10.2. The lowest BCUT2D eigenvalue weighted by Crippen LogP contribution is -2.35. The van der Waals surface area contributed by atoms with Gasteiger partial charge in [-0.05, 0) is 47.4 Å². The molecule has 2 aromatic carbocycles. The van der Waals surface area contributed by atoms with Gasteiger partial charge in [-0.25, -0.2) is 4.98 Å². The van der Waals surface area contributed by atoms with Crippen molar-refractivity contribution in [1.29, 1.82) is 0 Å². The zero-order valence-electron chi connectivity index (χ0n) is 17.3. The van der Waals surface area contributed by atoms with Gasteiger partial charge in [0.05, 0.1) is 26.0 Å². The van der Waals surface area contributed by atoms with Crippen molar-refractivity contribution in [2.24, 2.45) is 0 Å². The minimum absolute atomic E-state index is 0.138. The lowest BCUT2D eigenvalue weighted by atomic mass is 9.87. The minimum Gasteiger partial charge on any atom is -0.493 e. The van der Waals surface area contributed by atoms with Crippen molar-refractivity contribution in [2.45, 2.75) is 19.0 Å². The van der Waals surface area contributed by atoms with Gasteiger partial charge in [-0.2, -0.15) is 0 Å². The fourth-order valence-electron chi connectivity index (χ4n) is 4.47. The monoisotopic (exact) mass is 399 g/mol. The molecule has 5 rings (SSSR count). The van der Waals surface area contributed by atoms with Crippen molar-refractivity contribution in [3.63, 3.8) is 0 Å². The van der Waals surface area contributed by atoms with Crippen LogP contribution in [0.25, 0.3) is 5.65 Å². The maximum Gasteiger partial charge on any atom is 0.161 e. The summed E-state index contributed by atoms with van der Waals surface area (Å²) in [6.45, 7) is 1.74. The summed E-state index contributed by atoms with van der Waals surface area (Å²) in [6, 6.07) is 21.2. The molecular formula is C25H25N3O2. The smallest absolute Gasteiger partial charge is 0.161 e. The molecule has 152 valence electrons. The summed E-state index contributed by atoms with van der Waals surface area (Å²) >= 11 is 0. The first kappa shape index (κ1) is 18.7. The fraction of sp³-hybridized carbons (Fsp3) is 0.240. The molecule has 0 radical (unpaired) electrons. The van der Waals surface area contributed by atoms with Gasteiger partial charge in [0.15, 0.2) is 11.5 Å². The van der Waals surface area contributed by atoms with E-state index < -0.39 is 0 Å². The largest absolute Gasteiger partial charge is 0.493 e. The molecule has 0 bridgehead atoms. The Hall–Kier alpha value is -3.31. The Morgan fingerprint density at radius 3 is 2.50 bits per heavy atom. The standard InChI is InChI=1S/C25H25N3O2/c1-29-22-14-19-11-13-28(17-20-16-27-12-7-6-10-24(27)26-20)25(18-8-4-3-5-9-18)21(19)15-23(22)30-2/h3-10,12,14-16,25H,11,13,17H2,1-2H3/t25-/m1/s1. The number of hydrogen-bond donors (Lipinski definition) is 0. The average molecular weight is 399 g/mol. The first-order valence-corrected chi connectivity index (χ1v) is 10.2. The van der Waals surface area contributed by atoms with Crippen molar-refractivity contribution in [3.05, 3.63) is 95.4 Å². The third-order valence-corrected chi connectivity index (χ3v) is 5.87. The van der Waals surface area contributed by atoms with Crippen LogP contribution >= 0.6 is 0 Å². The number of hydrogen-bond acceptors (Lipinski definition) is 4. The maximum atomic E-state index is 5.62. The molecule has 1 atom stereocenters. The number of ether oxygens (including phenoxy) is 2. The number of methoxy groups -OCH3 is 2. The molecule has 2 aromatic heterocycles. The molecular weight excluding hydrogens is 374 g/mol. The van der Waals surface area contributed by atoms with Gasteiger partial charge >= 0.3 is 0 Å². The van der Waals surface area contributed by atoms with Crippen molar-refractivity contribution in [2.75, 3.05) is 20.8 Å². The summed E-state index contributed by atoms with van der Waals surface area (Å²) in [4.78, 5) is 7.33. The van der Waals surface area contributed by atoms with E-state index in [2.05, 4.69) is 58.0 Å². The molecule has 4 aromatic rings. The third kappa shape index (κ3) is 3.31. The summed E-state index contributed by atoms with van der Waals surface area (Å²) in [5.74, 6) is 1.56. The normalized spacial score (nSPS) is 16.4. The van der Waals surface area contributed by atoms with E-state index in [1.54, 1.807) is 14.2 Å². The molecule has 0 fully saturated rings. The van der Waals surface area contributed by atoms with Crippen LogP contribution in [0.5, 0.6) is 11.5 Å². The second-order valence-corrected chi connectivity index (χ2v) is 7.64. The fourth-order valence-corrected chi connectivity index (χ4v) is 4.47. The Kier molecular flexibility index (Phi) is 4.89. The Balaban J connectivity index is 1.57. The molecule has 0 spiro atoms. The Morgan fingerprint density at radius 2 is 1.73 bits per heavy atom. The minimum atomic E-state index is 0.138. The lowest BCUT2D eigenvalue weighted by Gasteiger charge is -2.37. The highest BCUT2D eigenvalue weighted by Gasteiger charge is 2.30. The van der Waals surface area contributed by atoms with Crippen LogP contribution in [0.2, 0.25) is 0 Å². The van der Waals surface area contributed by atoms with E-state index in [-0.39, 0.29) is 6.04 Å². The molecule has 0 unspecified atom stereocenters. The molecule has 5 nitrogen and oxygen atoms in total. The quantitative estimate of drug-likeness (QED) is 0.495. The predicted molar refractivity (Wildman–Crippen MR) is 117 cm³/mol. The van der Waals surface area contributed by atoms with Gasteiger partial charge in [-0.15, -0.1) is 0 Å². The highest BCUT2D eigenvalue weighted by atomic mass is 16.5. The predicted octanol–water partition coefficient (Wildman–Crippen LogP) is 4.50. The van der Waals surface area contributed by atoms with Gasteiger partial charge in [0.25, 0.3) is 0 Å². The van der Waals surface area contributed by atoms with Crippen LogP contribution in [0.1, 0.15) is 28.4 Å². The van der Waals surface area contributed by atoms with E-state index in [0.717, 1.165) is 42.4 Å². The van der Waals surface area contributed by atoms with Crippen molar-refractivity contribution >= 4 is 5.65 Å². The van der Waals surface area contributed by atoms with E-state index in [1.165, 1.54) is 16.7 Å². The van der Waals surface area contributed by atoms with Crippen molar-refractivity contribution in [1.82, 2.24) is 14.3 Å². The number of benzene rings is 2. The number of rotatable bonds is 5. The summed E-state index contributed by atoms with van der Waals surface area (Å²) in [5.41, 5.74) is 5.91. The Bertz CT molecular complexity index is 1140. The summed E-state index contributed by atoms with van der Waals surface area (Å²) < 4.78 is 13.3. The van der Waals surface area contributed by atoms with E-state index in [0.29, 0.717) is 0 Å². The zero-order valence-corrected chi connectivity index (χ0v) is 17.3. The summed E-state index contributed by atoms with van der Waals surface area (Å²) in [5, 5.41) is 0. The van der Waals surface area contributed by atoms with E-state index in [9.17, 15) is 0 Å². The molecule has 1 aliphatic heterocycles. The van der Waals surface area contributed by atoms with Crippen molar-refractivity contribution in [3.8, 4) is 11.5 Å². The third-order valence-electron chi connectivity index (χ3n) is 5.87. The van der Waals surface area contributed by atoms with Crippen LogP contribution in [0.3, 0.4) is 0 Å². The number of nitrogens with zero attached hydrogens (tertiary/aromatic N) is 3. The Labute approximate surface area is 176 Å². The lowest BCUT2D eigenvalue weighted by molar-refractivity contribution is 0.201. The molecule has 1 aliphatic rings. The van der Waals surface area contributed by atoms with Crippen LogP contribution in [-0.4, -0.2) is 35.0 Å². The highest BCUT2D eigenvalue weighted by Crippen LogP contribution is 2.41. The molecule has 0 saturated heterocycles. The maximum absolute atomic E-state index is 5.62. The van der Waals surface area contributed by atoms with E-state index in [4.69, 9.17) is 14.5 Å². The molecule has 0 amide bonds. The van der Waals surface area contributed by atoms with Crippen LogP contribution < -0.4 is 9.47 Å². The molecule has 5 heteroatoms. The molecule has 0 saturated carbocycles. The van der Waals surface area contributed by atoms with Crippen LogP contribution in [-0.2, 0) is 13.0 Å². The molecule has 30 heavy (non-hydrogen) atoms. The second-order valence-electron chi connectivity index (χ2n) is 7.64. The van der Waals surface area contributed by atoms with Gasteiger partial charge in [-0.1, -0.05) is 36.4 Å². The number of pyridine rings is 1. The summed E-state index contributed by atoms with van der Waals surface area (Å²) in [7, 11) is 3.39. The second kappa shape index (κ2) is 7.84. The van der Waals surface area contributed by atoms with Crippen LogP contribution in [0, 0.1) is 0 Å². The van der Waals surface area contributed by atoms with Crippen molar-refractivity contribution < 1.29 is 9.47 Å². The van der Waals surface area contributed by atoms with Gasteiger partial charge in [0.1, 0.15) is 5.65 Å². The SMILES string of the molecule is COc1cc2c(cc1OC)[C@@H](c1ccccc1)N(Cc1cn3ccccc3n1)CC2. The topological polar surface area (TPSA) is 39.0 Å². The van der Waals surface area contributed by atoms with E-state index >= 15 is 0 Å². The molecule has 0 N–H and O–H groups in total. The van der Waals surface area contributed by atoms with E-state index in [1.807, 2.05) is 24.4 Å². The summed E-state index contributed by atoms with van der Waals surface area (Å²) in [6.07, 6.45) is 5.14. The van der Waals surface area contributed by atoms with Gasteiger partial charge in [0.2, 0.25) is 0 Å². The first-order chi connectivity index (χ1) is 14.8. The van der Waals surface area contributed by atoms with Crippen LogP contribution in [0.4, 0.5) is 0 Å². The zero-order chi connectivity index (χ0) is 20.5. The van der Waals surface area contributed by atoms with Crippen LogP contribution in [0.15, 0.2) is 73.1 Å². The number of fused-ring (bicyclic) bond motifs is 2. The highest BCUT2D eigenvalue weighted by molar-refractivity contribution is 5.51. The van der Waals surface area contributed by atoms with Gasteiger partial charge in [0, 0.05) is 25.5 Å². The molecule has 0 aliphatic carbocycles. The van der Waals surface area contributed by atoms with Gasteiger partial charge < -0.3 is 13.9 Å².